The Kier molecular flexibility index (Phi) is 4.56. The van der Waals surface area contributed by atoms with Gasteiger partial charge in [0, 0.05) is 10.2 Å². The molecule has 1 unspecified atom stereocenters. The first-order valence-electron chi connectivity index (χ1n) is 7.14. The van der Waals surface area contributed by atoms with Gasteiger partial charge in [0.1, 0.15) is 5.75 Å². The van der Waals surface area contributed by atoms with Crippen molar-refractivity contribution in [1.82, 2.24) is 0 Å². The van der Waals surface area contributed by atoms with Crippen molar-refractivity contribution in [2.75, 3.05) is 6.61 Å². The van der Waals surface area contributed by atoms with E-state index >= 15 is 0 Å². The lowest BCUT2D eigenvalue weighted by Crippen LogP contribution is -2.01. The van der Waals surface area contributed by atoms with Gasteiger partial charge in [-0.2, -0.15) is 0 Å². The molecule has 1 atom stereocenters. The molecule has 0 aliphatic heterocycles. The van der Waals surface area contributed by atoms with Crippen LogP contribution in [0.5, 0.6) is 5.75 Å². The Hall–Kier alpha value is -1.80. The molecule has 0 saturated heterocycles. The number of hydrogen-bond donors (Lipinski definition) is 0. The van der Waals surface area contributed by atoms with Crippen LogP contribution in [0.2, 0.25) is 0 Å². The minimum atomic E-state index is 0.327. The molecule has 0 spiro atoms. The van der Waals surface area contributed by atoms with Crippen LogP contribution in [-0.4, -0.2) is 6.61 Å². The smallest absolute Gasteiger partial charge is 0.127 e. The van der Waals surface area contributed by atoms with E-state index < -0.39 is 0 Å². The lowest BCUT2D eigenvalue weighted by atomic mass is 10.1. The quantitative estimate of drug-likeness (QED) is 0.537. The van der Waals surface area contributed by atoms with Crippen molar-refractivity contribution in [3.05, 3.63) is 78.4 Å². The van der Waals surface area contributed by atoms with Crippen molar-refractivity contribution >= 4 is 26.7 Å². The topological polar surface area (TPSA) is 9.23 Å². The van der Waals surface area contributed by atoms with Crippen LogP contribution in [0, 0.1) is 0 Å². The van der Waals surface area contributed by atoms with Crippen LogP contribution in [0.3, 0.4) is 0 Å². The van der Waals surface area contributed by atoms with Gasteiger partial charge in [-0.1, -0.05) is 82.7 Å². The largest absolute Gasteiger partial charge is 0.493 e. The van der Waals surface area contributed by atoms with Crippen LogP contribution in [0.4, 0.5) is 0 Å². The molecular weight excluding hydrogens is 324 g/mol. The number of rotatable bonds is 5. The van der Waals surface area contributed by atoms with Crippen molar-refractivity contribution in [1.29, 1.82) is 0 Å². The standard InChI is InChI=1S/C19H17BrO/c20-18(16-8-2-1-3-9-16)13-14-21-19-12-6-10-15-7-4-5-11-17(15)19/h1-12,18H,13-14H2. The highest BCUT2D eigenvalue weighted by Gasteiger charge is 2.07. The number of benzene rings is 3. The first-order valence-corrected chi connectivity index (χ1v) is 8.06. The van der Waals surface area contributed by atoms with Gasteiger partial charge in [-0.3, -0.25) is 0 Å². The summed E-state index contributed by atoms with van der Waals surface area (Å²) in [6.07, 6.45) is 0.938. The van der Waals surface area contributed by atoms with E-state index in [1.807, 2.05) is 24.3 Å². The second-order valence-electron chi connectivity index (χ2n) is 4.99. The van der Waals surface area contributed by atoms with Crippen molar-refractivity contribution in [2.45, 2.75) is 11.2 Å². The summed E-state index contributed by atoms with van der Waals surface area (Å²) >= 11 is 3.73. The first kappa shape index (κ1) is 14.2. The highest BCUT2D eigenvalue weighted by atomic mass is 79.9. The summed E-state index contributed by atoms with van der Waals surface area (Å²) in [7, 11) is 0. The number of halogens is 1. The lowest BCUT2D eigenvalue weighted by Gasteiger charge is -2.12. The molecule has 21 heavy (non-hydrogen) atoms. The summed E-state index contributed by atoms with van der Waals surface area (Å²) in [5.74, 6) is 0.959. The van der Waals surface area contributed by atoms with Crippen LogP contribution < -0.4 is 4.74 Å². The van der Waals surface area contributed by atoms with Gasteiger partial charge in [0.05, 0.1) is 6.61 Å². The monoisotopic (exact) mass is 340 g/mol. The third-order valence-electron chi connectivity index (χ3n) is 3.54. The van der Waals surface area contributed by atoms with Gasteiger partial charge in [-0.05, 0) is 23.4 Å². The van der Waals surface area contributed by atoms with Crippen LogP contribution in [0.25, 0.3) is 10.8 Å². The summed E-state index contributed by atoms with van der Waals surface area (Å²) in [5.41, 5.74) is 1.29. The maximum absolute atomic E-state index is 5.98. The van der Waals surface area contributed by atoms with Crippen LogP contribution in [-0.2, 0) is 0 Å². The molecule has 0 bridgehead atoms. The predicted molar refractivity (Wildman–Crippen MR) is 92.2 cm³/mol. The van der Waals surface area contributed by atoms with Gasteiger partial charge >= 0.3 is 0 Å². The average Bonchev–Trinajstić information content (AvgIpc) is 2.56. The molecule has 3 aromatic carbocycles. The van der Waals surface area contributed by atoms with Gasteiger partial charge in [0.25, 0.3) is 0 Å². The van der Waals surface area contributed by atoms with Gasteiger partial charge in [0.2, 0.25) is 0 Å². The summed E-state index contributed by atoms with van der Waals surface area (Å²) in [6.45, 7) is 0.693. The lowest BCUT2D eigenvalue weighted by molar-refractivity contribution is 0.314. The fourth-order valence-corrected chi connectivity index (χ4v) is 2.91. The molecule has 0 saturated carbocycles. The Morgan fingerprint density at radius 1 is 0.810 bits per heavy atom. The maximum Gasteiger partial charge on any atom is 0.127 e. The van der Waals surface area contributed by atoms with Crippen molar-refractivity contribution in [3.8, 4) is 5.75 Å². The number of hydrogen-bond acceptors (Lipinski definition) is 1. The Morgan fingerprint density at radius 2 is 1.52 bits per heavy atom. The van der Waals surface area contributed by atoms with Gasteiger partial charge in [0.15, 0.2) is 0 Å². The van der Waals surface area contributed by atoms with E-state index in [9.17, 15) is 0 Å². The zero-order chi connectivity index (χ0) is 14.5. The van der Waals surface area contributed by atoms with Crippen LogP contribution >= 0.6 is 15.9 Å². The third kappa shape index (κ3) is 3.45. The molecule has 0 radical (unpaired) electrons. The van der Waals surface area contributed by atoms with Gasteiger partial charge in [-0.15, -0.1) is 0 Å². The normalized spacial score (nSPS) is 12.2. The van der Waals surface area contributed by atoms with Crippen molar-refractivity contribution in [3.63, 3.8) is 0 Å². The fraction of sp³-hybridized carbons (Fsp3) is 0.158. The summed E-state index contributed by atoms with van der Waals surface area (Å²) < 4.78 is 5.98. The molecular formula is C19H17BrO. The second kappa shape index (κ2) is 6.77. The highest BCUT2D eigenvalue weighted by Crippen LogP contribution is 2.28. The SMILES string of the molecule is BrC(CCOc1cccc2ccccc12)c1ccccc1. The first-order chi connectivity index (χ1) is 10.3. The molecule has 2 heteroatoms. The van der Waals surface area contributed by atoms with Crippen molar-refractivity contribution in [2.24, 2.45) is 0 Å². The number of alkyl halides is 1. The summed E-state index contributed by atoms with van der Waals surface area (Å²) in [4.78, 5) is 0.327. The molecule has 1 nitrogen and oxygen atoms in total. The summed E-state index contributed by atoms with van der Waals surface area (Å²) in [5, 5.41) is 2.39. The zero-order valence-corrected chi connectivity index (χ0v) is 13.3. The summed E-state index contributed by atoms with van der Waals surface area (Å²) in [6, 6.07) is 24.9. The second-order valence-corrected chi connectivity index (χ2v) is 6.10. The van der Waals surface area contributed by atoms with Gasteiger partial charge in [-0.25, -0.2) is 0 Å². The Labute approximate surface area is 133 Å². The minimum absolute atomic E-state index is 0.327. The molecule has 0 N–H and O–H groups in total. The average molecular weight is 341 g/mol. The molecule has 106 valence electrons. The van der Waals surface area contributed by atoms with E-state index in [1.54, 1.807) is 0 Å². The molecule has 0 heterocycles. The molecule has 0 aromatic heterocycles. The van der Waals surface area contributed by atoms with Crippen molar-refractivity contribution < 1.29 is 4.74 Å². The Balaban J connectivity index is 1.65. The van der Waals surface area contributed by atoms with E-state index in [4.69, 9.17) is 4.74 Å². The third-order valence-corrected chi connectivity index (χ3v) is 4.53. The maximum atomic E-state index is 5.98. The van der Waals surface area contributed by atoms with Crippen LogP contribution in [0.15, 0.2) is 72.8 Å². The predicted octanol–water partition coefficient (Wildman–Crippen LogP) is 5.74. The Bertz CT molecular complexity index is 704. The van der Waals surface area contributed by atoms with E-state index in [0.717, 1.165) is 12.2 Å². The van der Waals surface area contributed by atoms with E-state index in [1.165, 1.54) is 16.3 Å². The van der Waals surface area contributed by atoms with Gasteiger partial charge < -0.3 is 4.74 Å². The van der Waals surface area contributed by atoms with E-state index in [-0.39, 0.29) is 0 Å². The molecule has 3 aromatic rings. The molecule has 0 fully saturated rings. The minimum Gasteiger partial charge on any atom is -0.493 e. The number of ether oxygens (including phenoxy) is 1. The molecule has 0 amide bonds. The number of fused-ring (bicyclic) bond motifs is 1. The Morgan fingerprint density at radius 3 is 2.38 bits per heavy atom. The fourth-order valence-electron chi connectivity index (χ4n) is 2.42. The van der Waals surface area contributed by atoms with E-state index in [2.05, 4.69) is 64.5 Å². The zero-order valence-electron chi connectivity index (χ0n) is 11.7. The molecule has 0 aliphatic carbocycles. The highest BCUT2D eigenvalue weighted by molar-refractivity contribution is 9.09. The molecule has 3 rings (SSSR count). The van der Waals surface area contributed by atoms with Crippen LogP contribution in [0.1, 0.15) is 16.8 Å². The van der Waals surface area contributed by atoms with E-state index in [0.29, 0.717) is 11.4 Å². The molecule has 0 aliphatic rings.